The van der Waals surface area contributed by atoms with E-state index in [4.69, 9.17) is 5.73 Å². The van der Waals surface area contributed by atoms with Gasteiger partial charge in [-0.05, 0) is 63.0 Å². The van der Waals surface area contributed by atoms with E-state index < -0.39 is 0 Å². The van der Waals surface area contributed by atoms with Crippen LogP contribution < -0.4 is 5.73 Å². The average molecular weight is 275 g/mol. The molecule has 0 spiro atoms. The molecule has 1 fully saturated rings. The molecule has 1 saturated heterocycles. The lowest BCUT2D eigenvalue weighted by Crippen LogP contribution is -2.20. The van der Waals surface area contributed by atoms with Crippen molar-refractivity contribution in [1.29, 1.82) is 0 Å². The quantitative estimate of drug-likeness (QED) is 0.885. The Bertz CT molecular complexity index is 647. The molecule has 1 aromatic carbocycles. The molecule has 3 N–H and O–H groups in total. The topological polar surface area (TPSA) is 45.1 Å². The Kier molecular flexibility index (Phi) is 3.30. The lowest BCUT2D eigenvalue weighted by atomic mass is 9.98. The van der Waals surface area contributed by atoms with Crippen molar-refractivity contribution < 1.29 is 4.39 Å². The highest BCUT2D eigenvalue weighted by Crippen LogP contribution is 2.36. The normalized spacial score (nSPS) is 23.9. The molecule has 1 aliphatic heterocycles. The number of nitrogens with zero attached hydrogens (tertiary/aromatic N) is 1. The first-order valence-electron chi connectivity index (χ1n) is 7.20. The number of nitrogens with two attached hydrogens (primary N) is 1. The molecule has 1 aromatic heterocycles. The third kappa shape index (κ3) is 2.03. The summed E-state index contributed by atoms with van der Waals surface area (Å²) in [5, 5.41) is 1.00. The second kappa shape index (κ2) is 4.86. The minimum absolute atomic E-state index is 0.154. The second-order valence-electron chi connectivity index (χ2n) is 6.09. The molecule has 4 heteroatoms. The number of nitrogens with one attached hydrogen (secondary N) is 1. The predicted molar refractivity (Wildman–Crippen MR) is 80.3 cm³/mol. The summed E-state index contributed by atoms with van der Waals surface area (Å²) in [5.74, 6) is 0.358. The van der Waals surface area contributed by atoms with Gasteiger partial charge in [0.25, 0.3) is 0 Å². The van der Waals surface area contributed by atoms with Crippen LogP contribution in [0.15, 0.2) is 12.1 Å². The molecule has 3 rings (SSSR count). The largest absolute Gasteiger partial charge is 0.356 e. The van der Waals surface area contributed by atoms with E-state index in [9.17, 15) is 4.39 Å². The van der Waals surface area contributed by atoms with Crippen LogP contribution in [0.4, 0.5) is 4.39 Å². The van der Waals surface area contributed by atoms with Gasteiger partial charge < -0.3 is 10.7 Å². The van der Waals surface area contributed by atoms with E-state index in [1.54, 1.807) is 6.07 Å². The van der Waals surface area contributed by atoms with Crippen LogP contribution in [0.25, 0.3) is 10.9 Å². The van der Waals surface area contributed by atoms with E-state index >= 15 is 0 Å². The van der Waals surface area contributed by atoms with Crippen LogP contribution in [-0.2, 0) is 0 Å². The molecule has 0 saturated carbocycles. The van der Waals surface area contributed by atoms with Crippen LogP contribution in [0, 0.1) is 25.6 Å². The van der Waals surface area contributed by atoms with Crippen LogP contribution in [0.2, 0.25) is 0 Å². The molecule has 0 aliphatic carbocycles. The Labute approximate surface area is 119 Å². The van der Waals surface area contributed by atoms with Gasteiger partial charge in [0.2, 0.25) is 0 Å². The van der Waals surface area contributed by atoms with Crippen LogP contribution in [0.5, 0.6) is 0 Å². The molecule has 2 unspecified atom stereocenters. The Morgan fingerprint density at radius 1 is 1.40 bits per heavy atom. The monoisotopic (exact) mass is 275 g/mol. The van der Waals surface area contributed by atoms with Gasteiger partial charge in [0.15, 0.2) is 0 Å². The van der Waals surface area contributed by atoms with Crippen molar-refractivity contribution in [2.45, 2.75) is 26.3 Å². The van der Waals surface area contributed by atoms with Gasteiger partial charge in [0.05, 0.1) is 5.52 Å². The molecule has 108 valence electrons. The minimum Gasteiger partial charge on any atom is -0.356 e. The zero-order valence-corrected chi connectivity index (χ0v) is 12.3. The highest BCUT2D eigenvalue weighted by molar-refractivity contribution is 5.85. The van der Waals surface area contributed by atoms with E-state index in [-0.39, 0.29) is 11.9 Å². The number of fused-ring (bicyclic) bond motifs is 1. The molecule has 2 aromatic rings. The maximum absolute atomic E-state index is 14.3. The number of H-pyrrole nitrogens is 1. The molecule has 2 heterocycles. The lowest BCUT2D eigenvalue weighted by molar-refractivity contribution is 0.313. The summed E-state index contributed by atoms with van der Waals surface area (Å²) in [6, 6.07) is 4.09. The average Bonchev–Trinajstić information content (AvgIpc) is 2.93. The lowest BCUT2D eigenvalue weighted by Gasteiger charge is -2.20. The van der Waals surface area contributed by atoms with Gasteiger partial charge >= 0.3 is 0 Å². The van der Waals surface area contributed by atoms with Crippen molar-refractivity contribution in [3.8, 4) is 0 Å². The van der Waals surface area contributed by atoms with Crippen molar-refractivity contribution in [2.24, 2.45) is 11.7 Å². The Balaban J connectivity index is 2.06. The molecule has 2 atom stereocenters. The summed E-state index contributed by atoms with van der Waals surface area (Å²) in [6.45, 7) is 5.72. The summed E-state index contributed by atoms with van der Waals surface area (Å²) in [4.78, 5) is 5.42. The third-order valence-corrected chi connectivity index (χ3v) is 4.74. The fourth-order valence-corrected chi connectivity index (χ4v) is 3.39. The third-order valence-electron chi connectivity index (χ3n) is 4.74. The van der Waals surface area contributed by atoms with Crippen molar-refractivity contribution in [1.82, 2.24) is 9.88 Å². The summed E-state index contributed by atoms with van der Waals surface area (Å²) in [7, 11) is 2.09. The first kappa shape index (κ1) is 13.6. The van der Waals surface area contributed by atoms with E-state index in [0.29, 0.717) is 18.0 Å². The van der Waals surface area contributed by atoms with Gasteiger partial charge in [0, 0.05) is 23.7 Å². The molecule has 0 bridgehead atoms. The maximum Gasteiger partial charge on any atom is 0.147 e. The number of hydrogen-bond donors (Lipinski definition) is 2. The molecule has 0 radical (unpaired) electrons. The molecule has 1 aliphatic rings. The van der Waals surface area contributed by atoms with Gasteiger partial charge in [-0.2, -0.15) is 0 Å². The predicted octanol–water partition coefficient (Wildman–Crippen LogP) is 2.88. The van der Waals surface area contributed by atoms with Crippen molar-refractivity contribution >= 4 is 10.9 Å². The van der Waals surface area contributed by atoms with E-state index in [2.05, 4.69) is 23.0 Å². The van der Waals surface area contributed by atoms with Crippen LogP contribution in [0.3, 0.4) is 0 Å². The molecular weight excluding hydrogens is 253 g/mol. The van der Waals surface area contributed by atoms with Gasteiger partial charge in [-0.1, -0.05) is 0 Å². The minimum atomic E-state index is -0.154. The summed E-state index contributed by atoms with van der Waals surface area (Å²) in [6.07, 6.45) is 1.01. The molecule has 20 heavy (non-hydrogen) atoms. The van der Waals surface area contributed by atoms with E-state index in [0.717, 1.165) is 35.2 Å². The van der Waals surface area contributed by atoms with Crippen molar-refractivity contribution in [3.63, 3.8) is 0 Å². The number of hydrogen-bond acceptors (Lipinski definition) is 2. The number of halogens is 1. The maximum atomic E-state index is 14.3. The van der Waals surface area contributed by atoms with Crippen LogP contribution in [0.1, 0.15) is 29.3 Å². The molecule has 3 nitrogen and oxygen atoms in total. The summed E-state index contributed by atoms with van der Waals surface area (Å²) < 4.78 is 14.3. The first-order valence-corrected chi connectivity index (χ1v) is 7.20. The Hall–Kier alpha value is -1.39. The van der Waals surface area contributed by atoms with Crippen molar-refractivity contribution in [2.75, 3.05) is 20.1 Å². The van der Waals surface area contributed by atoms with Crippen LogP contribution in [-0.4, -0.2) is 30.0 Å². The number of rotatable bonds is 2. The van der Waals surface area contributed by atoms with Gasteiger partial charge in [0.1, 0.15) is 5.82 Å². The summed E-state index contributed by atoms with van der Waals surface area (Å²) in [5.41, 5.74) is 9.64. The van der Waals surface area contributed by atoms with Gasteiger partial charge in [-0.25, -0.2) is 4.39 Å². The smallest absolute Gasteiger partial charge is 0.147 e. The second-order valence-corrected chi connectivity index (χ2v) is 6.09. The highest BCUT2D eigenvalue weighted by Gasteiger charge is 2.30. The number of aromatic nitrogens is 1. The van der Waals surface area contributed by atoms with Gasteiger partial charge in [-0.3, -0.25) is 4.90 Å². The van der Waals surface area contributed by atoms with E-state index in [1.165, 1.54) is 0 Å². The van der Waals surface area contributed by atoms with E-state index in [1.807, 2.05) is 13.8 Å². The highest BCUT2D eigenvalue weighted by atomic mass is 19.1. The van der Waals surface area contributed by atoms with Crippen LogP contribution >= 0.6 is 0 Å². The summed E-state index contributed by atoms with van der Waals surface area (Å²) >= 11 is 0. The van der Waals surface area contributed by atoms with Gasteiger partial charge in [-0.15, -0.1) is 0 Å². The fourth-order valence-electron chi connectivity index (χ4n) is 3.39. The Morgan fingerprint density at radius 2 is 2.15 bits per heavy atom. The number of aromatic amines is 1. The first-order chi connectivity index (χ1) is 9.51. The Morgan fingerprint density at radius 3 is 2.80 bits per heavy atom. The SMILES string of the molecule is Cc1[nH]c2c(F)cc(C3CC(CN)CN3C)cc2c1C. The standard InChI is InChI=1S/C16H22FN3/c1-9-10(2)19-16-13(9)5-12(6-14(16)17)15-4-11(7-18)8-20(15)3/h5-6,11,15,19H,4,7-8,18H2,1-3H3. The number of likely N-dealkylation sites (tertiary alicyclic amines) is 1. The number of benzene rings is 1. The molecular formula is C16H22FN3. The zero-order valence-electron chi connectivity index (χ0n) is 12.3. The number of aryl methyl sites for hydroxylation is 2. The molecule has 0 amide bonds. The fraction of sp³-hybridized carbons (Fsp3) is 0.500. The van der Waals surface area contributed by atoms with Crippen molar-refractivity contribution in [3.05, 3.63) is 34.8 Å². The zero-order chi connectivity index (χ0) is 14.4.